The summed E-state index contributed by atoms with van der Waals surface area (Å²) in [6, 6.07) is 67.3. The van der Waals surface area contributed by atoms with Crippen LogP contribution in [-0.4, -0.2) is 0 Å². The highest BCUT2D eigenvalue weighted by atomic mass is 14.2. The van der Waals surface area contributed by atoms with Gasteiger partial charge in [-0.05, 0) is 134 Å². The van der Waals surface area contributed by atoms with Gasteiger partial charge in [0.15, 0.2) is 0 Å². The molecule has 10 aromatic carbocycles. The second-order valence-corrected chi connectivity index (χ2v) is 12.9. The summed E-state index contributed by atoms with van der Waals surface area (Å²) >= 11 is 0. The van der Waals surface area contributed by atoms with Crippen molar-refractivity contribution in [2.24, 2.45) is 0 Å². The lowest BCUT2D eigenvalue weighted by atomic mass is 9.85. The van der Waals surface area contributed by atoms with E-state index in [1.54, 1.807) is 0 Å². The van der Waals surface area contributed by atoms with Gasteiger partial charge in [-0.15, -0.1) is 0 Å². The average Bonchev–Trinajstić information content (AvgIpc) is 3.16. The zero-order chi connectivity index (χ0) is 31.6. The van der Waals surface area contributed by atoms with Gasteiger partial charge in [0.05, 0.1) is 0 Å². The molecule has 0 nitrogen and oxygen atoms in total. The molecular weight excluding hydrogens is 577 g/mol. The molecular formula is C48H30. The molecule has 0 heteroatoms. The molecule has 0 bridgehead atoms. The highest BCUT2D eigenvalue weighted by Crippen LogP contribution is 2.44. The molecule has 0 spiro atoms. The molecule has 0 atom stereocenters. The quantitative estimate of drug-likeness (QED) is 0.139. The molecule has 0 aliphatic rings. The number of fused-ring (bicyclic) bond motifs is 8. The van der Waals surface area contributed by atoms with E-state index >= 15 is 0 Å². The second kappa shape index (κ2) is 10.7. The van der Waals surface area contributed by atoms with Crippen LogP contribution in [0.5, 0.6) is 0 Å². The van der Waals surface area contributed by atoms with Gasteiger partial charge in [-0.3, -0.25) is 0 Å². The smallest absolute Gasteiger partial charge is 0.00264 e. The van der Waals surface area contributed by atoms with Gasteiger partial charge < -0.3 is 0 Å². The SMILES string of the molecule is c1ccc2c(-c3cc(-c4cc5ccccc5c5ccccc45)cc(-c4cc5ccccc5c5ccccc45)c3)c3ccccc3cc2c1. The maximum atomic E-state index is 2.43. The van der Waals surface area contributed by atoms with E-state index in [4.69, 9.17) is 0 Å². The summed E-state index contributed by atoms with van der Waals surface area (Å²) in [6.45, 7) is 0. The van der Waals surface area contributed by atoms with Gasteiger partial charge in [0, 0.05) is 0 Å². The Morgan fingerprint density at radius 2 is 0.521 bits per heavy atom. The van der Waals surface area contributed by atoms with Crippen LogP contribution in [0.1, 0.15) is 0 Å². The molecule has 0 saturated carbocycles. The number of benzene rings is 10. The third-order valence-electron chi connectivity index (χ3n) is 10.2. The summed E-state index contributed by atoms with van der Waals surface area (Å²) in [5.74, 6) is 0. The number of hydrogen-bond donors (Lipinski definition) is 0. The van der Waals surface area contributed by atoms with Crippen molar-refractivity contribution in [3.63, 3.8) is 0 Å². The predicted octanol–water partition coefficient (Wildman–Crippen LogP) is 13.6. The fraction of sp³-hybridized carbons (Fsp3) is 0. The summed E-state index contributed by atoms with van der Waals surface area (Å²) in [7, 11) is 0. The van der Waals surface area contributed by atoms with Crippen LogP contribution in [0.4, 0.5) is 0 Å². The van der Waals surface area contributed by atoms with Gasteiger partial charge in [-0.2, -0.15) is 0 Å². The first-order chi connectivity index (χ1) is 23.8. The minimum Gasteiger partial charge on any atom is -0.0616 e. The summed E-state index contributed by atoms with van der Waals surface area (Å²) in [4.78, 5) is 0. The van der Waals surface area contributed by atoms with E-state index in [1.807, 2.05) is 0 Å². The Bertz CT molecular complexity index is 2700. The Hall–Kier alpha value is -6.24. The Kier molecular flexibility index (Phi) is 5.98. The van der Waals surface area contributed by atoms with Gasteiger partial charge >= 0.3 is 0 Å². The summed E-state index contributed by atoms with van der Waals surface area (Å²) in [6.07, 6.45) is 0. The third-order valence-corrected chi connectivity index (χ3v) is 10.2. The van der Waals surface area contributed by atoms with Crippen LogP contribution in [-0.2, 0) is 0 Å². The fourth-order valence-corrected chi connectivity index (χ4v) is 7.99. The Balaban J connectivity index is 1.37. The summed E-state index contributed by atoms with van der Waals surface area (Å²) < 4.78 is 0. The molecule has 0 N–H and O–H groups in total. The maximum Gasteiger partial charge on any atom is -0.00264 e. The minimum absolute atomic E-state index is 1.22. The van der Waals surface area contributed by atoms with Crippen LogP contribution < -0.4 is 0 Å². The molecule has 10 rings (SSSR count). The van der Waals surface area contributed by atoms with Gasteiger partial charge in [-0.25, -0.2) is 0 Å². The van der Waals surface area contributed by atoms with Gasteiger partial charge in [-0.1, -0.05) is 146 Å². The lowest BCUT2D eigenvalue weighted by Crippen LogP contribution is -1.91. The van der Waals surface area contributed by atoms with Crippen LogP contribution >= 0.6 is 0 Å². The highest BCUT2D eigenvalue weighted by molar-refractivity contribution is 6.18. The maximum absolute atomic E-state index is 2.43. The molecule has 48 heavy (non-hydrogen) atoms. The molecule has 0 aliphatic carbocycles. The first-order valence-corrected chi connectivity index (χ1v) is 16.7. The monoisotopic (exact) mass is 606 g/mol. The summed E-state index contributed by atoms with van der Waals surface area (Å²) in [5, 5.41) is 15.2. The lowest BCUT2D eigenvalue weighted by molar-refractivity contribution is 1.62. The molecule has 0 saturated heterocycles. The van der Waals surface area contributed by atoms with Crippen LogP contribution in [0.25, 0.3) is 98.0 Å². The summed E-state index contributed by atoms with van der Waals surface area (Å²) in [5.41, 5.74) is 7.45. The zero-order valence-corrected chi connectivity index (χ0v) is 26.3. The first kappa shape index (κ1) is 26.9. The van der Waals surface area contributed by atoms with Gasteiger partial charge in [0.25, 0.3) is 0 Å². The van der Waals surface area contributed by atoms with Crippen molar-refractivity contribution in [1.29, 1.82) is 0 Å². The first-order valence-electron chi connectivity index (χ1n) is 16.7. The second-order valence-electron chi connectivity index (χ2n) is 12.9. The Morgan fingerprint density at radius 3 is 0.958 bits per heavy atom. The van der Waals surface area contributed by atoms with Crippen molar-refractivity contribution >= 4 is 64.6 Å². The van der Waals surface area contributed by atoms with Crippen LogP contribution in [0, 0.1) is 0 Å². The van der Waals surface area contributed by atoms with Crippen molar-refractivity contribution in [2.75, 3.05) is 0 Å². The topological polar surface area (TPSA) is 0 Å². The van der Waals surface area contributed by atoms with Crippen LogP contribution in [0.3, 0.4) is 0 Å². The van der Waals surface area contributed by atoms with Crippen LogP contribution in [0.2, 0.25) is 0 Å². The Labute approximate surface area is 279 Å². The molecule has 0 radical (unpaired) electrons. The standard InChI is InChI=1S/C48H30/c1-5-17-38-33(15-1)29-46(44-23-11-9-21-42(38)44)35-26-36(47-30-34-16-2-6-18-39(34)43-22-10-12-24-45(43)47)28-37(27-35)48-40-19-7-3-13-31(40)25-32-14-4-8-20-41(32)48/h1-30H. The molecule has 0 aliphatic heterocycles. The van der Waals surface area contributed by atoms with Gasteiger partial charge in [0.2, 0.25) is 0 Å². The predicted molar refractivity (Wildman–Crippen MR) is 208 cm³/mol. The molecule has 0 amide bonds. The zero-order valence-electron chi connectivity index (χ0n) is 26.3. The van der Waals surface area contributed by atoms with E-state index in [2.05, 4.69) is 182 Å². The van der Waals surface area contributed by atoms with Crippen molar-refractivity contribution in [2.45, 2.75) is 0 Å². The van der Waals surface area contributed by atoms with Crippen molar-refractivity contribution in [3.8, 4) is 33.4 Å². The Morgan fingerprint density at radius 1 is 0.208 bits per heavy atom. The van der Waals surface area contributed by atoms with E-state index in [-0.39, 0.29) is 0 Å². The molecule has 0 unspecified atom stereocenters. The minimum atomic E-state index is 1.22. The number of rotatable bonds is 3. The van der Waals surface area contributed by atoms with E-state index in [0.29, 0.717) is 0 Å². The third kappa shape index (κ3) is 4.16. The molecule has 0 fully saturated rings. The molecule has 10 aromatic rings. The van der Waals surface area contributed by atoms with Crippen molar-refractivity contribution in [3.05, 3.63) is 182 Å². The largest absolute Gasteiger partial charge is 0.0616 e. The fourth-order valence-electron chi connectivity index (χ4n) is 7.99. The van der Waals surface area contributed by atoms with Crippen molar-refractivity contribution < 1.29 is 0 Å². The van der Waals surface area contributed by atoms with E-state index < -0.39 is 0 Å². The molecule has 222 valence electrons. The lowest BCUT2D eigenvalue weighted by Gasteiger charge is -2.18. The highest BCUT2D eigenvalue weighted by Gasteiger charge is 2.17. The van der Waals surface area contributed by atoms with Crippen LogP contribution in [0.15, 0.2) is 182 Å². The molecule has 0 heterocycles. The van der Waals surface area contributed by atoms with E-state index in [0.717, 1.165) is 0 Å². The van der Waals surface area contributed by atoms with Gasteiger partial charge in [0.1, 0.15) is 0 Å². The molecule has 0 aromatic heterocycles. The normalized spacial score (nSPS) is 11.8. The van der Waals surface area contributed by atoms with Crippen molar-refractivity contribution in [1.82, 2.24) is 0 Å². The average molecular weight is 607 g/mol. The number of hydrogen-bond acceptors (Lipinski definition) is 0. The van der Waals surface area contributed by atoms with E-state index in [1.165, 1.54) is 98.0 Å². The van der Waals surface area contributed by atoms with E-state index in [9.17, 15) is 0 Å².